The van der Waals surface area contributed by atoms with Gasteiger partial charge in [-0.25, -0.2) is 0 Å². The number of hydrogen-bond acceptors (Lipinski definition) is 4. The Bertz CT molecular complexity index is 690. The molecule has 2 aliphatic rings. The first-order chi connectivity index (χ1) is 11.5. The van der Waals surface area contributed by atoms with Crippen molar-refractivity contribution in [1.29, 1.82) is 0 Å². The summed E-state index contributed by atoms with van der Waals surface area (Å²) < 4.78 is 0. The zero-order chi connectivity index (χ0) is 17.3. The average Bonchev–Trinajstić information content (AvgIpc) is 2.67. The van der Waals surface area contributed by atoms with Crippen molar-refractivity contribution in [3.05, 3.63) is 29.3 Å². The molecule has 1 saturated carbocycles. The number of fused-ring (bicyclic) bond motifs is 1. The van der Waals surface area contributed by atoms with Gasteiger partial charge in [0.1, 0.15) is 0 Å². The van der Waals surface area contributed by atoms with E-state index >= 15 is 0 Å². The van der Waals surface area contributed by atoms with Crippen molar-refractivity contribution in [3.8, 4) is 0 Å². The van der Waals surface area contributed by atoms with Crippen LogP contribution in [0.1, 0.15) is 50.2 Å². The Morgan fingerprint density at radius 3 is 2.67 bits per heavy atom. The third-order valence-electron chi connectivity index (χ3n) is 5.12. The molecule has 3 rings (SSSR count). The summed E-state index contributed by atoms with van der Waals surface area (Å²) in [5.74, 6) is -0.0870. The molecule has 5 heteroatoms. The fraction of sp³-hybridized carbons (Fsp3) is 0.526. The van der Waals surface area contributed by atoms with Gasteiger partial charge in [-0.2, -0.15) is 0 Å². The van der Waals surface area contributed by atoms with E-state index in [0.29, 0.717) is 0 Å². The topological polar surface area (TPSA) is 75.8 Å². The molecule has 0 saturated heterocycles. The number of carbonyl (C=O) groups excluding carboxylic acids is 2. The van der Waals surface area contributed by atoms with Gasteiger partial charge in [-0.15, -0.1) is 0 Å². The first-order valence-corrected chi connectivity index (χ1v) is 8.73. The number of aryl methyl sites for hydroxylation is 1. The van der Waals surface area contributed by atoms with Gasteiger partial charge in [0.2, 0.25) is 0 Å². The number of para-hydroxylation sites is 1. The Balaban J connectivity index is 1.95. The van der Waals surface area contributed by atoms with Crippen molar-refractivity contribution in [2.75, 3.05) is 11.4 Å². The van der Waals surface area contributed by atoms with Crippen LogP contribution >= 0.6 is 0 Å². The summed E-state index contributed by atoms with van der Waals surface area (Å²) in [4.78, 5) is 31.4. The van der Waals surface area contributed by atoms with Gasteiger partial charge in [0.15, 0.2) is 11.9 Å². The second-order valence-electron chi connectivity index (χ2n) is 6.86. The fourth-order valence-corrected chi connectivity index (χ4v) is 3.78. The predicted octanol–water partition coefficient (Wildman–Crippen LogP) is 2.58. The number of nitrogens with zero attached hydrogens (tertiary/aromatic N) is 2. The molecule has 1 aliphatic carbocycles. The SMILES string of the molecule is CC1=N[C@H](N)C(=O)N(CC(=O)C2CCCCC2)c2c(C)cccc21. The molecule has 1 aromatic carbocycles. The van der Waals surface area contributed by atoms with E-state index in [0.717, 1.165) is 48.2 Å². The minimum Gasteiger partial charge on any atom is -0.302 e. The molecule has 1 fully saturated rings. The summed E-state index contributed by atoms with van der Waals surface area (Å²) in [5, 5.41) is 0. The monoisotopic (exact) mass is 327 g/mol. The smallest absolute Gasteiger partial charge is 0.266 e. The maximum atomic E-state index is 12.8. The molecule has 0 spiro atoms. The van der Waals surface area contributed by atoms with Crippen molar-refractivity contribution in [2.45, 2.75) is 52.1 Å². The van der Waals surface area contributed by atoms with Crippen LogP contribution in [-0.2, 0) is 9.59 Å². The largest absolute Gasteiger partial charge is 0.302 e. The Morgan fingerprint density at radius 2 is 1.96 bits per heavy atom. The molecule has 2 N–H and O–H groups in total. The normalized spacial score (nSPS) is 22.0. The van der Waals surface area contributed by atoms with Gasteiger partial charge < -0.3 is 10.6 Å². The Labute approximate surface area is 142 Å². The Hall–Kier alpha value is -2.01. The molecule has 0 aromatic heterocycles. The van der Waals surface area contributed by atoms with Crippen LogP contribution < -0.4 is 10.6 Å². The predicted molar refractivity (Wildman–Crippen MR) is 95.3 cm³/mol. The van der Waals surface area contributed by atoms with Crippen molar-refractivity contribution in [1.82, 2.24) is 0 Å². The molecule has 128 valence electrons. The first-order valence-electron chi connectivity index (χ1n) is 8.73. The molecular formula is C19H25N3O2. The molecule has 24 heavy (non-hydrogen) atoms. The summed E-state index contributed by atoms with van der Waals surface area (Å²) in [6.07, 6.45) is 4.32. The minimum absolute atomic E-state index is 0.0699. The lowest BCUT2D eigenvalue weighted by atomic mass is 9.86. The van der Waals surface area contributed by atoms with Crippen molar-refractivity contribution < 1.29 is 9.59 Å². The first kappa shape index (κ1) is 16.8. The lowest BCUT2D eigenvalue weighted by molar-refractivity contribution is -0.125. The fourth-order valence-electron chi connectivity index (χ4n) is 3.78. The highest BCUT2D eigenvalue weighted by atomic mass is 16.2. The maximum absolute atomic E-state index is 12.8. The lowest BCUT2D eigenvalue weighted by Crippen LogP contribution is -2.46. The summed E-state index contributed by atoms with van der Waals surface area (Å²) in [5.41, 5.74) is 9.31. The number of benzodiazepines with no additional fused rings is 1. The average molecular weight is 327 g/mol. The molecule has 1 aliphatic heterocycles. The number of hydrogen-bond donors (Lipinski definition) is 1. The summed E-state index contributed by atoms with van der Waals surface area (Å²) in [7, 11) is 0. The summed E-state index contributed by atoms with van der Waals surface area (Å²) in [6.45, 7) is 3.91. The van der Waals surface area contributed by atoms with Crippen molar-refractivity contribution >= 4 is 23.1 Å². The molecular weight excluding hydrogens is 302 g/mol. The standard InChI is InChI=1S/C19H25N3O2/c1-12-7-6-10-15-13(2)21-18(20)19(24)22(17(12)15)11-16(23)14-8-4-3-5-9-14/h6-7,10,14,18H,3-5,8-9,11,20H2,1-2H3/t18-/m0/s1. The number of carbonyl (C=O) groups is 2. The highest BCUT2D eigenvalue weighted by molar-refractivity contribution is 6.13. The number of amides is 1. The van der Waals surface area contributed by atoms with Crippen LogP contribution in [0.25, 0.3) is 0 Å². The number of Topliss-reactive ketones (excluding diaryl/α,β-unsaturated/α-hetero) is 1. The van der Waals surface area contributed by atoms with E-state index in [1.54, 1.807) is 4.90 Å². The number of benzene rings is 1. The number of ketones is 1. The van der Waals surface area contributed by atoms with Gasteiger partial charge in [0.05, 0.1) is 12.2 Å². The van der Waals surface area contributed by atoms with Crippen LogP contribution in [-0.4, -0.2) is 30.1 Å². The van der Waals surface area contributed by atoms with Crippen LogP contribution in [0.4, 0.5) is 5.69 Å². The van der Waals surface area contributed by atoms with Crippen molar-refractivity contribution in [2.24, 2.45) is 16.6 Å². The quantitative estimate of drug-likeness (QED) is 0.927. The Kier molecular flexibility index (Phi) is 4.81. The molecule has 1 heterocycles. The highest BCUT2D eigenvalue weighted by Gasteiger charge is 2.32. The number of aliphatic imine (C=N–C) groups is 1. The van der Waals surface area contributed by atoms with Gasteiger partial charge in [0.25, 0.3) is 5.91 Å². The highest BCUT2D eigenvalue weighted by Crippen LogP contribution is 2.31. The summed E-state index contributed by atoms with van der Waals surface area (Å²) in [6, 6.07) is 5.83. The third kappa shape index (κ3) is 3.13. The maximum Gasteiger partial charge on any atom is 0.266 e. The molecule has 1 amide bonds. The van der Waals surface area contributed by atoms with Crippen LogP contribution in [0, 0.1) is 12.8 Å². The molecule has 5 nitrogen and oxygen atoms in total. The molecule has 1 atom stereocenters. The number of anilines is 1. The van der Waals surface area contributed by atoms with E-state index in [1.165, 1.54) is 6.42 Å². The minimum atomic E-state index is -0.948. The second kappa shape index (κ2) is 6.85. The van der Waals surface area contributed by atoms with Gasteiger partial charge in [-0.05, 0) is 32.3 Å². The zero-order valence-corrected chi connectivity index (χ0v) is 14.4. The molecule has 0 radical (unpaired) electrons. The van der Waals surface area contributed by atoms with E-state index in [1.807, 2.05) is 32.0 Å². The summed E-state index contributed by atoms with van der Waals surface area (Å²) >= 11 is 0. The lowest BCUT2D eigenvalue weighted by Gasteiger charge is -2.28. The zero-order valence-electron chi connectivity index (χ0n) is 14.4. The molecule has 1 aromatic rings. The van der Waals surface area contributed by atoms with Gasteiger partial charge in [-0.3, -0.25) is 14.6 Å². The van der Waals surface area contributed by atoms with Gasteiger partial charge in [-0.1, -0.05) is 37.5 Å². The number of nitrogens with two attached hydrogens (primary N) is 1. The number of rotatable bonds is 3. The van der Waals surface area contributed by atoms with E-state index in [9.17, 15) is 9.59 Å². The van der Waals surface area contributed by atoms with E-state index in [2.05, 4.69) is 4.99 Å². The van der Waals surface area contributed by atoms with E-state index < -0.39 is 6.17 Å². The van der Waals surface area contributed by atoms with Crippen LogP contribution in [0.15, 0.2) is 23.2 Å². The van der Waals surface area contributed by atoms with Crippen molar-refractivity contribution in [3.63, 3.8) is 0 Å². The van der Waals surface area contributed by atoms with Gasteiger partial charge in [0, 0.05) is 17.2 Å². The van der Waals surface area contributed by atoms with Crippen LogP contribution in [0.2, 0.25) is 0 Å². The molecule has 0 bridgehead atoms. The molecule has 0 unspecified atom stereocenters. The third-order valence-corrected chi connectivity index (χ3v) is 5.12. The van der Waals surface area contributed by atoms with E-state index in [-0.39, 0.29) is 24.2 Å². The van der Waals surface area contributed by atoms with E-state index in [4.69, 9.17) is 5.73 Å². The second-order valence-corrected chi connectivity index (χ2v) is 6.86. The van der Waals surface area contributed by atoms with Gasteiger partial charge >= 0.3 is 0 Å². The van der Waals surface area contributed by atoms with Crippen LogP contribution in [0.3, 0.4) is 0 Å². The van der Waals surface area contributed by atoms with Crippen LogP contribution in [0.5, 0.6) is 0 Å². The Morgan fingerprint density at radius 1 is 1.25 bits per heavy atom.